The van der Waals surface area contributed by atoms with Crippen molar-refractivity contribution in [2.75, 3.05) is 6.61 Å². The summed E-state index contributed by atoms with van der Waals surface area (Å²) in [5.74, 6) is 0.630. The van der Waals surface area contributed by atoms with Crippen LogP contribution in [0.15, 0.2) is 23.3 Å². The molecule has 0 fully saturated rings. The van der Waals surface area contributed by atoms with Crippen molar-refractivity contribution >= 4 is 11.9 Å². The zero-order valence-electron chi connectivity index (χ0n) is 5.32. The van der Waals surface area contributed by atoms with E-state index in [0.717, 1.165) is 5.69 Å². The smallest absolute Gasteiger partial charge is 0.240 e. The van der Waals surface area contributed by atoms with Gasteiger partial charge in [-0.05, 0) is 12.1 Å². The number of pyridine rings is 1. The summed E-state index contributed by atoms with van der Waals surface area (Å²) < 4.78 is 5.16. The van der Waals surface area contributed by atoms with Gasteiger partial charge in [-0.1, -0.05) is 0 Å². The van der Waals surface area contributed by atoms with Crippen LogP contribution in [0.1, 0.15) is 0 Å². The Morgan fingerprint density at radius 1 is 1.50 bits per heavy atom. The van der Waals surface area contributed by atoms with Crippen LogP contribution in [0.5, 0.6) is 5.88 Å². The minimum atomic E-state index is 0.532. The molecular formula is C7H6N2O. The lowest BCUT2D eigenvalue weighted by atomic mass is 10.4. The van der Waals surface area contributed by atoms with Gasteiger partial charge < -0.3 is 4.74 Å². The van der Waals surface area contributed by atoms with E-state index in [4.69, 9.17) is 4.74 Å². The van der Waals surface area contributed by atoms with Crippen LogP contribution in [-0.2, 0) is 0 Å². The lowest BCUT2D eigenvalue weighted by molar-refractivity contribution is 0.361. The topological polar surface area (TPSA) is 34.5 Å². The summed E-state index contributed by atoms with van der Waals surface area (Å²) in [5, 5.41) is 0. The minimum Gasteiger partial charge on any atom is -0.470 e. The van der Waals surface area contributed by atoms with Crippen molar-refractivity contribution in [1.82, 2.24) is 4.98 Å². The average molecular weight is 134 g/mol. The predicted octanol–water partition coefficient (Wildman–Crippen LogP) is 1.18. The molecule has 0 radical (unpaired) electrons. The van der Waals surface area contributed by atoms with Crippen LogP contribution in [0.2, 0.25) is 0 Å². The molecular weight excluding hydrogens is 128 g/mol. The largest absolute Gasteiger partial charge is 0.470 e. The summed E-state index contributed by atoms with van der Waals surface area (Å²) in [6.07, 6.45) is 3.42. The van der Waals surface area contributed by atoms with E-state index in [-0.39, 0.29) is 0 Å². The summed E-state index contributed by atoms with van der Waals surface area (Å²) >= 11 is 0. The van der Waals surface area contributed by atoms with Crippen LogP contribution in [0, 0.1) is 0 Å². The van der Waals surface area contributed by atoms with Gasteiger partial charge in [-0.25, -0.2) is 4.98 Å². The Balaban J connectivity index is 2.54. The molecule has 1 aromatic rings. The minimum absolute atomic E-state index is 0.532. The Bertz CT molecular complexity index is 270. The van der Waals surface area contributed by atoms with Gasteiger partial charge in [0.1, 0.15) is 12.3 Å². The standard InChI is InChI=1S/C7H6N2O/c1-2-6-7(9-3-1)10-5-4-8-6/h1-4H,5H2. The average Bonchev–Trinajstić information content (AvgIpc) is 2.05. The summed E-state index contributed by atoms with van der Waals surface area (Å²) in [6, 6.07) is 3.71. The third-order valence-corrected chi connectivity index (χ3v) is 1.28. The maximum absolute atomic E-state index is 5.16. The Morgan fingerprint density at radius 2 is 2.50 bits per heavy atom. The zero-order valence-corrected chi connectivity index (χ0v) is 5.32. The van der Waals surface area contributed by atoms with E-state index in [9.17, 15) is 0 Å². The van der Waals surface area contributed by atoms with E-state index < -0.39 is 0 Å². The van der Waals surface area contributed by atoms with E-state index in [1.807, 2.05) is 12.1 Å². The van der Waals surface area contributed by atoms with Crippen LogP contribution >= 0.6 is 0 Å². The molecule has 3 nitrogen and oxygen atoms in total. The van der Waals surface area contributed by atoms with Gasteiger partial charge in [0.15, 0.2) is 0 Å². The summed E-state index contributed by atoms with van der Waals surface area (Å²) in [7, 11) is 0. The van der Waals surface area contributed by atoms with Gasteiger partial charge in [0.2, 0.25) is 5.88 Å². The Labute approximate surface area is 58.4 Å². The third kappa shape index (κ3) is 0.757. The molecule has 0 aromatic carbocycles. The molecule has 0 atom stereocenters. The van der Waals surface area contributed by atoms with E-state index in [1.54, 1.807) is 12.4 Å². The molecule has 0 amide bonds. The SMILES string of the molecule is C1=Nc2cccnc2OC1. The highest BCUT2D eigenvalue weighted by molar-refractivity contribution is 5.69. The molecule has 1 aromatic heterocycles. The van der Waals surface area contributed by atoms with Crippen molar-refractivity contribution in [3.8, 4) is 5.88 Å². The molecule has 2 heterocycles. The van der Waals surface area contributed by atoms with Crippen LogP contribution in [-0.4, -0.2) is 17.8 Å². The van der Waals surface area contributed by atoms with Crippen LogP contribution in [0.3, 0.4) is 0 Å². The fourth-order valence-electron chi connectivity index (χ4n) is 0.844. The van der Waals surface area contributed by atoms with Crippen LogP contribution in [0.4, 0.5) is 5.69 Å². The second kappa shape index (κ2) is 2.10. The van der Waals surface area contributed by atoms with Gasteiger partial charge in [-0.15, -0.1) is 0 Å². The number of aromatic nitrogens is 1. The number of hydrogen-bond acceptors (Lipinski definition) is 3. The lowest BCUT2D eigenvalue weighted by Crippen LogP contribution is -2.03. The molecule has 0 bridgehead atoms. The highest BCUT2D eigenvalue weighted by atomic mass is 16.5. The first kappa shape index (κ1) is 5.41. The first-order chi connectivity index (χ1) is 4.97. The van der Waals surface area contributed by atoms with E-state index in [1.165, 1.54) is 0 Å². The number of fused-ring (bicyclic) bond motifs is 1. The van der Waals surface area contributed by atoms with Crippen LogP contribution < -0.4 is 4.74 Å². The third-order valence-electron chi connectivity index (χ3n) is 1.28. The lowest BCUT2D eigenvalue weighted by Gasteiger charge is -2.07. The fourth-order valence-corrected chi connectivity index (χ4v) is 0.844. The van der Waals surface area contributed by atoms with Crippen LogP contribution in [0.25, 0.3) is 0 Å². The monoisotopic (exact) mass is 134 g/mol. The molecule has 0 unspecified atom stereocenters. The molecule has 0 spiro atoms. The predicted molar refractivity (Wildman–Crippen MR) is 37.9 cm³/mol. The second-order valence-corrected chi connectivity index (χ2v) is 1.95. The molecule has 0 N–H and O–H groups in total. The van der Waals surface area contributed by atoms with Gasteiger partial charge in [-0.2, -0.15) is 0 Å². The molecule has 1 aliphatic rings. The summed E-state index contributed by atoms with van der Waals surface area (Å²) in [4.78, 5) is 8.06. The summed E-state index contributed by atoms with van der Waals surface area (Å²) in [5.41, 5.74) is 0.814. The Morgan fingerprint density at radius 3 is 3.40 bits per heavy atom. The molecule has 1 aliphatic heterocycles. The van der Waals surface area contributed by atoms with Crippen molar-refractivity contribution in [2.45, 2.75) is 0 Å². The highest BCUT2D eigenvalue weighted by Crippen LogP contribution is 2.24. The molecule has 3 heteroatoms. The van der Waals surface area contributed by atoms with Gasteiger partial charge in [-0.3, -0.25) is 4.99 Å². The Hall–Kier alpha value is -1.38. The quantitative estimate of drug-likeness (QED) is 0.534. The zero-order chi connectivity index (χ0) is 6.81. The van der Waals surface area contributed by atoms with Gasteiger partial charge >= 0.3 is 0 Å². The fraction of sp³-hybridized carbons (Fsp3) is 0.143. The van der Waals surface area contributed by atoms with Crippen molar-refractivity contribution in [3.63, 3.8) is 0 Å². The second-order valence-electron chi connectivity index (χ2n) is 1.95. The maximum atomic E-state index is 5.16. The van der Waals surface area contributed by atoms with Gasteiger partial charge in [0.05, 0.1) is 0 Å². The number of hydrogen-bond donors (Lipinski definition) is 0. The first-order valence-electron chi connectivity index (χ1n) is 3.07. The number of ether oxygens (including phenoxy) is 1. The van der Waals surface area contributed by atoms with Crippen molar-refractivity contribution in [3.05, 3.63) is 18.3 Å². The van der Waals surface area contributed by atoms with E-state index in [2.05, 4.69) is 9.98 Å². The van der Waals surface area contributed by atoms with E-state index >= 15 is 0 Å². The number of nitrogens with zero attached hydrogens (tertiary/aromatic N) is 2. The molecule has 0 aliphatic carbocycles. The van der Waals surface area contributed by atoms with Crippen molar-refractivity contribution < 1.29 is 4.74 Å². The molecule has 10 heavy (non-hydrogen) atoms. The molecule has 50 valence electrons. The molecule has 2 rings (SSSR count). The first-order valence-corrected chi connectivity index (χ1v) is 3.07. The highest BCUT2D eigenvalue weighted by Gasteiger charge is 2.04. The maximum Gasteiger partial charge on any atom is 0.240 e. The number of rotatable bonds is 0. The summed E-state index contributed by atoms with van der Waals surface area (Å²) in [6.45, 7) is 0.532. The normalized spacial score (nSPS) is 14.0. The molecule has 0 saturated heterocycles. The molecule has 0 saturated carbocycles. The van der Waals surface area contributed by atoms with E-state index in [0.29, 0.717) is 12.5 Å². The van der Waals surface area contributed by atoms with Gasteiger partial charge in [0, 0.05) is 12.4 Å². The Kier molecular flexibility index (Phi) is 1.13. The van der Waals surface area contributed by atoms with Gasteiger partial charge in [0.25, 0.3) is 0 Å². The number of aliphatic imine (C=N–C) groups is 1. The van der Waals surface area contributed by atoms with Crippen molar-refractivity contribution in [2.24, 2.45) is 4.99 Å². The van der Waals surface area contributed by atoms with Crippen molar-refractivity contribution in [1.29, 1.82) is 0 Å².